The number of methoxy groups -OCH3 is 1. The zero-order chi connectivity index (χ0) is 20.8. The summed E-state index contributed by atoms with van der Waals surface area (Å²) >= 11 is 0. The number of hydrogen-bond donors (Lipinski definition) is 1. The van der Waals surface area contributed by atoms with Crippen molar-refractivity contribution in [3.63, 3.8) is 0 Å². The molecule has 1 unspecified atom stereocenters. The van der Waals surface area contributed by atoms with Crippen molar-refractivity contribution >= 4 is 11.9 Å². The summed E-state index contributed by atoms with van der Waals surface area (Å²) in [4.78, 5) is 28.2. The minimum Gasteiger partial charge on any atom is -0.493 e. The first kappa shape index (κ1) is 20.7. The highest BCUT2D eigenvalue weighted by Crippen LogP contribution is 2.28. The van der Waals surface area contributed by atoms with E-state index >= 15 is 0 Å². The van der Waals surface area contributed by atoms with E-state index in [1.807, 2.05) is 67.4 Å². The topological polar surface area (TPSA) is 71.1 Å². The number of nitrogens with one attached hydrogen (secondary N) is 1. The Morgan fingerprint density at radius 1 is 1.07 bits per heavy atom. The van der Waals surface area contributed by atoms with Gasteiger partial charge in [0.25, 0.3) is 5.91 Å². The number of amides is 3. The predicted molar refractivity (Wildman–Crippen MR) is 110 cm³/mol. The van der Waals surface area contributed by atoms with Gasteiger partial charge in [0.1, 0.15) is 6.04 Å². The first-order valence-electron chi connectivity index (χ1n) is 9.66. The van der Waals surface area contributed by atoms with Gasteiger partial charge in [0.2, 0.25) is 0 Å². The van der Waals surface area contributed by atoms with Gasteiger partial charge in [-0.25, -0.2) is 9.69 Å². The maximum atomic E-state index is 12.7. The molecule has 3 rings (SSSR count). The fourth-order valence-corrected chi connectivity index (χ4v) is 3.39. The molecule has 7 heteroatoms. The highest BCUT2D eigenvalue weighted by atomic mass is 16.5. The Hall–Kier alpha value is -3.06. The summed E-state index contributed by atoms with van der Waals surface area (Å²) in [6.45, 7) is 3.25. The van der Waals surface area contributed by atoms with E-state index in [0.717, 1.165) is 11.1 Å². The number of carbonyl (C=O) groups excluding carboxylic acids is 2. The predicted octanol–water partition coefficient (Wildman–Crippen LogP) is 2.65. The molecular weight excluding hydrogens is 370 g/mol. The fraction of sp³-hybridized carbons (Fsp3) is 0.364. The molecule has 29 heavy (non-hydrogen) atoms. The van der Waals surface area contributed by atoms with Gasteiger partial charge >= 0.3 is 6.03 Å². The van der Waals surface area contributed by atoms with Gasteiger partial charge in [-0.2, -0.15) is 0 Å². The lowest BCUT2D eigenvalue weighted by Crippen LogP contribution is -2.40. The van der Waals surface area contributed by atoms with E-state index in [-0.39, 0.29) is 18.6 Å². The molecule has 1 aliphatic rings. The van der Waals surface area contributed by atoms with Crippen molar-refractivity contribution in [1.82, 2.24) is 15.1 Å². The number of urea groups is 1. The summed E-state index contributed by atoms with van der Waals surface area (Å²) in [5.74, 6) is 1.16. The molecule has 1 heterocycles. The van der Waals surface area contributed by atoms with E-state index in [1.54, 1.807) is 7.11 Å². The number of imide groups is 1. The molecule has 0 saturated carbocycles. The SMILES string of the molecule is CCOc1ccc(CN(C)CN2C(=O)NC(Cc3ccccc3)C2=O)cc1OC. The zero-order valence-corrected chi connectivity index (χ0v) is 17.1. The molecule has 7 nitrogen and oxygen atoms in total. The van der Waals surface area contributed by atoms with Crippen molar-refractivity contribution < 1.29 is 19.1 Å². The molecule has 0 bridgehead atoms. The Balaban J connectivity index is 1.60. The molecule has 0 aromatic heterocycles. The van der Waals surface area contributed by atoms with E-state index < -0.39 is 6.04 Å². The largest absolute Gasteiger partial charge is 0.493 e. The normalized spacial score (nSPS) is 16.3. The maximum absolute atomic E-state index is 12.7. The Labute approximate surface area is 171 Å². The summed E-state index contributed by atoms with van der Waals surface area (Å²) < 4.78 is 10.9. The van der Waals surface area contributed by atoms with Crippen molar-refractivity contribution in [3.8, 4) is 11.5 Å². The summed E-state index contributed by atoms with van der Waals surface area (Å²) in [5.41, 5.74) is 2.02. The molecule has 0 aliphatic carbocycles. The first-order chi connectivity index (χ1) is 14.0. The van der Waals surface area contributed by atoms with Crippen LogP contribution in [0, 0.1) is 0 Å². The fourth-order valence-electron chi connectivity index (χ4n) is 3.39. The van der Waals surface area contributed by atoms with E-state index in [9.17, 15) is 9.59 Å². The zero-order valence-electron chi connectivity index (χ0n) is 17.1. The van der Waals surface area contributed by atoms with E-state index in [0.29, 0.717) is 31.1 Å². The first-order valence-corrected chi connectivity index (χ1v) is 9.66. The second-order valence-electron chi connectivity index (χ2n) is 7.03. The van der Waals surface area contributed by atoms with Crippen LogP contribution in [0.5, 0.6) is 11.5 Å². The minimum atomic E-state index is -0.524. The number of rotatable bonds is 9. The molecule has 1 saturated heterocycles. The number of ether oxygens (including phenoxy) is 2. The van der Waals surface area contributed by atoms with Gasteiger partial charge in [0, 0.05) is 13.0 Å². The third-order valence-corrected chi connectivity index (χ3v) is 4.75. The third-order valence-electron chi connectivity index (χ3n) is 4.75. The van der Waals surface area contributed by atoms with Crippen molar-refractivity contribution in [3.05, 3.63) is 59.7 Å². The van der Waals surface area contributed by atoms with Crippen LogP contribution in [0.15, 0.2) is 48.5 Å². The molecule has 154 valence electrons. The lowest BCUT2D eigenvalue weighted by molar-refractivity contribution is -0.128. The molecular formula is C22H27N3O4. The molecule has 1 N–H and O–H groups in total. The number of nitrogens with zero attached hydrogens (tertiary/aromatic N) is 2. The third kappa shape index (κ3) is 5.06. The van der Waals surface area contributed by atoms with Crippen molar-refractivity contribution in [2.45, 2.75) is 25.9 Å². The average Bonchev–Trinajstić information content (AvgIpc) is 2.97. The van der Waals surface area contributed by atoms with E-state index in [1.165, 1.54) is 4.90 Å². The highest BCUT2D eigenvalue weighted by molar-refractivity contribution is 6.04. The lowest BCUT2D eigenvalue weighted by Gasteiger charge is -2.22. The van der Waals surface area contributed by atoms with Gasteiger partial charge in [-0.15, -0.1) is 0 Å². The molecule has 2 aromatic rings. The molecule has 0 spiro atoms. The molecule has 3 amide bonds. The standard InChI is InChI=1S/C22H27N3O4/c1-4-29-19-11-10-17(13-20(19)28-3)14-24(2)15-25-21(26)18(23-22(25)27)12-16-8-6-5-7-9-16/h5-11,13,18H,4,12,14-15H2,1-3H3,(H,23,27). The van der Waals surface area contributed by atoms with Gasteiger partial charge in [-0.3, -0.25) is 9.69 Å². The van der Waals surface area contributed by atoms with Gasteiger partial charge in [0.05, 0.1) is 20.4 Å². The van der Waals surface area contributed by atoms with Gasteiger partial charge in [0.15, 0.2) is 11.5 Å². The summed E-state index contributed by atoms with van der Waals surface area (Å²) in [6.07, 6.45) is 0.488. The molecule has 1 atom stereocenters. The number of benzene rings is 2. The van der Waals surface area contributed by atoms with E-state index in [4.69, 9.17) is 9.47 Å². The van der Waals surface area contributed by atoms with Crippen LogP contribution < -0.4 is 14.8 Å². The summed E-state index contributed by atoms with van der Waals surface area (Å²) in [6, 6.07) is 14.5. The van der Waals surface area contributed by atoms with Crippen molar-refractivity contribution in [2.24, 2.45) is 0 Å². The van der Waals surface area contributed by atoms with Gasteiger partial charge in [-0.1, -0.05) is 36.4 Å². The van der Waals surface area contributed by atoms with Crippen LogP contribution in [-0.2, 0) is 17.8 Å². The van der Waals surface area contributed by atoms with E-state index in [2.05, 4.69) is 5.32 Å². The van der Waals surface area contributed by atoms with Crippen LogP contribution in [0.2, 0.25) is 0 Å². The van der Waals surface area contributed by atoms with Gasteiger partial charge in [-0.05, 0) is 37.2 Å². The number of carbonyl (C=O) groups is 2. The van der Waals surface area contributed by atoms with Crippen LogP contribution in [0.25, 0.3) is 0 Å². The lowest BCUT2D eigenvalue weighted by atomic mass is 10.1. The second kappa shape index (κ2) is 9.43. The Morgan fingerprint density at radius 3 is 2.52 bits per heavy atom. The molecule has 1 fully saturated rings. The maximum Gasteiger partial charge on any atom is 0.325 e. The second-order valence-corrected chi connectivity index (χ2v) is 7.03. The van der Waals surface area contributed by atoms with Crippen LogP contribution in [0.1, 0.15) is 18.1 Å². The Kier molecular flexibility index (Phi) is 6.72. The van der Waals surface area contributed by atoms with Crippen LogP contribution in [0.4, 0.5) is 4.79 Å². The Morgan fingerprint density at radius 2 is 1.83 bits per heavy atom. The average molecular weight is 397 g/mol. The summed E-state index contributed by atoms with van der Waals surface area (Å²) in [7, 11) is 3.47. The molecule has 0 radical (unpaired) electrons. The quantitative estimate of drug-likeness (QED) is 0.659. The van der Waals surface area contributed by atoms with Crippen LogP contribution >= 0.6 is 0 Å². The molecule has 2 aromatic carbocycles. The monoisotopic (exact) mass is 397 g/mol. The van der Waals surface area contributed by atoms with Crippen LogP contribution in [-0.4, -0.2) is 55.2 Å². The summed E-state index contributed by atoms with van der Waals surface area (Å²) in [5, 5.41) is 2.79. The van der Waals surface area contributed by atoms with Crippen LogP contribution in [0.3, 0.4) is 0 Å². The highest BCUT2D eigenvalue weighted by Gasteiger charge is 2.38. The van der Waals surface area contributed by atoms with Gasteiger partial charge < -0.3 is 14.8 Å². The van der Waals surface area contributed by atoms with Crippen molar-refractivity contribution in [2.75, 3.05) is 27.4 Å². The minimum absolute atomic E-state index is 0.199. The molecule has 1 aliphatic heterocycles. The number of hydrogen-bond acceptors (Lipinski definition) is 5. The smallest absolute Gasteiger partial charge is 0.325 e. The van der Waals surface area contributed by atoms with Crippen molar-refractivity contribution in [1.29, 1.82) is 0 Å². The Bertz CT molecular complexity index is 856.